The van der Waals surface area contributed by atoms with E-state index in [0.717, 1.165) is 0 Å². The Balaban J connectivity index is 2.42. The smallest absolute Gasteiger partial charge is 0.0196 e. The van der Waals surface area contributed by atoms with Crippen molar-refractivity contribution in [2.75, 3.05) is 14.1 Å². The zero-order valence-electron chi connectivity index (χ0n) is 11.4. The van der Waals surface area contributed by atoms with Gasteiger partial charge in [0.1, 0.15) is 0 Å². The van der Waals surface area contributed by atoms with E-state index in [1.54, 1.807) is 0 Å². The minimum absolute atomic E-state index is 0.556. The molecule has 0 N–H and O–H groups in total. The van der Waals surface area contributed by atoms with E-state index in [0.29, 0.717) is 12.0 Å². The highest BCUT2D eigenvalue weighted by atomic mass is 15.1. The molecule has 0 radical (unpaired) electrons. The maximum Gasteiger partial charge on any atom is 0.0196 e. The van der Waals surface area contributed by atoms with Gasteiger partial charge in [0.05, 0.1) is 0 Å². The Hall–Kier alpha value is -1.08. The summed E-state index contributed by atoms with van der Waals surface area (Å²) in [7, 11) is 4.40. The highest BCUT2D eigenvalue weighted by Gasteiger charge is 2.28. The van der Waals surface area contributed by atoms with E-state index in [9.17, 15) is 0 Å². The van der Waals surface area contributed by atoms with E-state index < -0.39 is 0 Å². The van der Waals surface area contributed by atoms with Crippen molar-refractivity contribution >= 4 is 0 Å². The fourth-order valence-electron chi connectivity index (χ4n) is 2.92. The predicted molar refractivity (Wildman–Crippen MR) is 74.4 cm³/mol. The van der Waals surface area contributed by atoms with Gasteiger partial charge >= 0.3 is 0 Å². The van der Waals surface area contributed by atoms with E-state index in [-0.39, 0.29) is 0 Å². The van der Waals surface area contributed by atoms with Crippen LogP contribution in [-0.4, -0.2) is 25.0 Å². The predicted octanol–water partition coefficient (Wildman–Crippen LogP) is 3.61. The molecule has 1 aliphatic rings. The van der Waals surface area contributed by atoms with Gasteiger partial charge in [-0.25, -0.2) is 0 Å². The van der Waals surface area contributed by atoms with Crippen LogP contribution in [0, 0.1) is 0 Å². The van der Waals surface area contributed by atoms with Gasteiger partial charge in [0, 0.05) is 12.0 Å². The Morgan fingerprint density at radius 3 is 2.59 bits per heavy atom. The van der Waals surface area contributed by atoms with Crippen molar-refractivity contribution in [2.45, 2.75) is 38.6 Å². The highest BCUT2D eigenvalue weighted by molar-refractivity contribution is 5.37. The lowest BCUT2D eigenvalue weighted by atomic mass is 9.78. The van der Waals surface area contributed by atoms with E-state index in [1.165, 1.54) is 29.5 Å². The van der Waals surface area contributed by atoms with Gasteiger partial charge in [-0.1, -0.05) is 35.9 Å². The highest BCUT2D eigenvalue weighted by Crippen LogP contribution is 2.35. The third-order valence-corrected chi connectivity index (χ3v) is 3.71. The fourth-order valence-corrected chi connectivity index (χ4v) is 2.92. The monoisotopic (exact) mass is 229 g/mol. The first-order valence-corrected chi connectivity index (χ1v) is 6.49. The van der Waals surface area contributed by atoms with Crippen LogP contribution in [-0.2, 0) is 6.42 Å². The molecule has 1 heteroatoms. The van der Waals surface area contributed by atoms with Gasteiger partial charge in [-0.2, -0.15) is 0 Å². The molecule has 0 heterocycles. The maximum absolute atomic E-state index is 2.43. The minimum atomic E-state index is 0.556. The summed E-state index contributed by atoms with van der Waals surface area (Å²) < 4.78 is 0. The van der Waals surface area contributed by atoms with Gasteiger partial charge in [-0.15, -0.1) is 0 Å². The Kier molecular flexibility index (Phi) is 3.68. The van der Waals surface area contributed by atoms with Crippen LogP contribution in [0.1, 0.15) is 37.3 Å². The SMILES string of the molecule is CC(C)=C[C@H]1c2ccccc2CC[C@@H]1N(C)C. The van der Waals surface area contributed by atoms with E-state index in [2.05, 4.69) is 63.2 Å². The molecule has 0 unspecified atom stereocenters. The van der Waals surface area contributed by atoms with Crippen molar-refractivity contribution in [3.63, 3.8) is 0 Å². The number of likely N-dealkylation sites (N-methyl/N-ethyl adjacent to an activating group) is 1. The second kappa shape index (κ2) is 5.05. The third kappa shape index (κ3) is 2.61. The number of allylic oxidation sites excluding steroid dienone is 1. The zero-order chi connectivity index (χ0) is 12.4. The average molecular weight is 229 g/mol. The molecule has 1 aliphatic carbocycles. The first-order valence-electron chi connectivity index (χ1n) is 6.49. The summed E-state index contributed by atoms with van der Waals surface area (Å²) in [6.07, 6.45) is 4.91. The number of aryl methyl sites for hydroxylation is 1. The lowest BCUT2D eigenvalue weighted by Crippen LogP contribution is -2.36. The Labute approximate surface area is 105 Å². The molecule has 17 heavy (non-hydrogen) atoms. The quantitative estimate of drug-likeness (QED) is 0.700. The van der Waals surface area contributed by atoms with Crippen LogP contribution in [0.5, 0.6) is 0 Å². The molecule has 92 valence electrons. The molecule has 1 aromatic rings. The number of hydrogen-bond acceptors (Lipinski definition) is 1. The number of benzene rings is 1. The molecule has 0 bridgehead atoms. The summed E-state index contributed by atoms with van der Waals surface area (Å²) in [4.78, 5) is 2.38. The molecule has 0 aromatic heterocycles. The molecule has 0 aliphatic heterocycles. The lowest BCUT2D eigenvalue weighted by Gasteiger charge is -2.36. The molecular formula is C16H23N. The largest absolute Gasteiger partial charge is 0.306 e. The van der Waals surface area contributed by atoms with Crippen LogP contribution in [0.4, 0.5) is 0 Å². The van der Waals surface area contributed by atoms with Crippen molar-refractivity contribution in [3.8, 4) is 0 Å². The van der Waals surface area contributed by atoms with Crippen molar-refractivity contribution < 1.29 is 0 Å². The van der Waals surface area contributed by atoms with Crippen LogP contribution < -0.4 is 0 Å². The van der Waals surface area contributed by atoms with Crippen molar-refractivity contribution in [1.29, 1.82) is 0 Å². The second-order valence-electron chi connectivity index (χ2n) is 5.54. The summed E-state index contributed by atoms with van der Waals surface area (Å²) in [5.74, 6) is 0.556. The maximum atomic E-state index is 2.43. The van der Waals surface area contributed by atoms with Gasteiger partial charge in [-0.05, 0) is 51.9 Å². The first kappa shape index (κ1) is 12.4. The first-order chi connectivity index (χ1) is 8.09. The van der Waals surface area contributed by atoms with Crippen molar-refractivity contribution in [1.82, 2.24) is 4.90 Å². The zero-order valence-corrected chi connectivity index (χ0v) is 11.4. The Morgan fingerprint density at radius 1 is 1.24 bits per heavy atom. The van der Waals surface area contributed by atoms with Gasteiger partial charge in [0.15, 0.2) is 0 Å². The molecule has 2 atom stereocenters. The van der Waals surface area contributed by atoms with Crippen molar-refractivity contribution in [2.24, 2.45) is 0 Å². The molecule has 0 spiro atoms. The van der Waals surface area contributed by atoms with Crippen LogP contribution in [0.2, 0.25) is 0 Å². The molecule has 1 nitrogen and oxygen atoms in total. The molecule has 0 saturated heterocycles. The number of fused-ring (bicyclic) bond motifs is 1. The molecular weight excluding hydrogens is 206 g/mol. The van der Waals surface area contributed by atoms with Crippen LogP contribution in [0.25, 0.3) is 0 Å². The number of nitrogens with zero attached hydrogens (tertiary/aromatic N) is 1. The molecule has 1 aromatic carbocycles. The topological polar surface area (TPSA) is 3.24 Å². The molecule has 2 rings (SSSR count). The summed E-state index contributed by atoms with van der Waals surface area (Å²) in [6.45, 7) is 4.40. The Bertz CT molecular complexity index is 413. The molecule has 0 fully saturated rings. The van der Waals surface area contributed by atoms with Gasteiger partial charge in [0.25, 0.3) is 0 Å². The summed E-state index contributed by atoms with van der Waals surface area (Å²) in [5, 5.41) is 0. The number of hydrogen-bond donors (Lipinski definition) is 0. The molecule has 0 saturated carbocycles. The third-order valence-electron chi connectivity index (χ3n) is 3.71. The summed E-state index contributed by atoms with van der Waals surface area (Å²) in [6, 6.07) is 9.55. The van der Waals surface area contributed by atoms with E-state index >= 15 is 0 Å². The van der Waals surface area contributed by atoms with Gasteiger partial charge in [-0.3, -0.25) is 0 Å². The summed E-state index contributed by atoms with van der Waals surface area (Å²) in [5.41, 5.74) is 4.48. The lowest BCUT2D eigenvalue weighted by molar-refractivity contribution is 0.248. The van der Waals surface area contributed by atoms with Gasteiger partial charge < -0.3 is 4.90 Å². The Morgan fingerprint density at radius 2 is 1.94 bits per heavy atom. The minimum Gasteiger partial charge on any atom is -0.306 e. The second-order valence-corrected chi connectivity index (χ2v) is 5.54. The average Bonchev–Trinajstić information content (AvgIpc) is 2.28. The van der Waals surface area contributed by atoms with Crippen LogP contribution in [0.15, 0.2) is 35.9 Å². The van der Waals surface area contributed by atoms with E-state index in [1.807, 2.05) is 0 Å². The molecule has 0 amide bonds. The van der Waals surface area contributed by atoms with E-state index in [4.69, 9.17) is 0 Å². The number of rotatable bonds is 2. The normalized spacial score (nSPS) is 23.4. The van der Waals surface area contributed by atoms with Crippen LogP contribution in [0.3, 0.4) is 0 Å². The van der Waals surface area contributed by atoms with Crippen LogP contribution >= 0.6 is 0 Å². The van der Waals surface area contributed by atoms with Crippen molar-refractivity contribution in [3.05, 3.63) is 47.0 Å². The standard InChI is InChI=1S/C16H23N/c1-12(2)11-15-14-8-6-5-7-13(14)9-10-16(15)17(3)4/h5-8,11,15-16H,9-10H2,1-4H3/t15-,16-/m0/s1. The van der Waals surface area contributed by atoms with Gasteiger partial charge in [0.2, 0.25) is 0 Å². The fraction of sp³-hybridized carbons (Fsp3) is 0.500. The summed E-state index contributed by atoms with van der Waals surface area (Å²) >= 11 is 0.